The summed E-state index contributed by atoms with van der Waals surface area (Å²) in [5.74, 6) is 1.18. The third-order valence-electron chi connectivity index (χ3n) is 4.04. The number of carbonyl (C=O) groups is 1. The largest absolute Gasteiger partial charge is 0.334 e. The lowest BCUT2D eigenvalue weighted by atomic mass is 9.80. The van der Waals surface area contributed by atoms with Gasteiger partial charge in [-0.05, 0) is 30.8 Å². The van der Waals surface area contributed by atoms with E-state index in [2.05, 4.69) is 29.4 Å². The summed E-state index contributed by atoms with van der Waals surface area (Å²) in [5, 5.41) is 0. The predicted molar refractivity (Wildman–Crippen MR) is 58.1 cm³/mol. The van der Waals surface area contributed by atoms with Gasteiger partial charge in [0.25, 0.3) is 0 Å². The Morgan fingerprint density at radius 1 is 1.40 bits per heavy atom. The van der Waals surface area contributed by atoms with Gasteiger partial charge < -0.3 is 4.90 Å². The molecule has 0 bridgehead atoms. The molecule has 0 aromatic carbocycles. The number of fused-ring (bicyclic) bond motifs is 3. The van der Waals surface area contributed by atoms with Crippen molar-refractivity contribution in [1.82, 2.24) is 4.90 Å². The van der Waals surface area contributed by atoms with Gasteiger partial charge >= 0.3 is 0 Å². The lowest BCUT2D eigenvalue weighted by Gasteiger charge is -2.22. The van der Waals surface area contributed by atoms with Gasteiger partial charge in [-0.3, -0.25) is 4.79 Å². The summed E-state index contributed by atoms with van der Waals surface area (Å²) >= 11 is 0. The van der Waals surface area contributed by atoms with Crippen molar-refractivity contribution >= 4 is 5.91 Å². The summed E-state index contributed by atoms with van der Waals surface area (Å²) in [6.45, 7) is 4.46. The Morgan fingerprint density at radius 3 is 3.00 bits per heavy atom. The van der Waals surface area contributed by atoms with Crippen LogP contribution in [0.25, 0.3) is 0 Å². The highest BCUT2D eigenvalue weighted by atomic mass is 16.2. The predicted octanol–water partition coefficient (Wildman–Crippen LogP) is 1.89. The molecule has 2 heterocycles. The molecule has 0 radical (unpaired) electrons. The SMILES string of the molecule is C=C=C1C[C@@H]2[C@H]3CC=CC[C@H]3C(=O)N2C1. The summed E-state index contributed by atoms with van der Waals surface area (Å²) in [5.41, 5.74) is 4.17. The summed E-state index contributed by atoms with van der Waals surface area (Å²) in [7, 11) is 0. The Bertz CT molecular complexity index is 389. The van der Waals surface area contributed by atoms with Gasteiger partial charge in [0, 0.05) is 18.5 Å². The maximum atomic E-state index is 12.1. The second-order valence-electron chi connectivity index (χ2n) is 4.73. The molecule has 2 aliphatic heterocycles. The average Bonchev–Trinajstić information content (AvgIpc) is 2.80. The molecule has 1 aliphatic carbocycles. The van der Waals surface area contributed by atoms with Gasteiger partial charge in [-0.1, -0.05) is 18.7 Å². The fraction of sp³-hybridized carbons (Fsp3) is 0.538. The maximum absolute atomic E-state index is 12.1. The fourth-order valence-electron chi connectivity index (χ4n) is 3.26. The van der Waals surface area contributed by atoms with E-state index in [0.717, 1.165) is 25.8 Å². The van der Waals surface area contributed by atoms with Crippen molar-refractivity contribution in [1.29, 1.82) is 0 Å². The third-order valence-corrected chi connectivity index (χ3v) is 4.04. The first-order chi connectivity index (χ1) is 7.31. The second-order valence-corrected chi connectivity index (χ2v) is 4.73. The van der Waals surface area contributed by atoms with Crippen LogP contribution in [-0.2, 0) is 4.79 Å². The zero-order valence-corrected chi connectivity index (χ0v) is 8.78. The van der Waals surface area contributed by atoms with E-state index in [9.17, 15) is 4.79 Å². The first kappa shape index (κ1) is 8.99. The van der Waals surface area contributed by atoms with Crippen molar-refractivity contribution in [3.8, 4) is 0 Å². The molecule has 2 heteroatoms. The molecular weight excluding hydrogens is 186 g/mol. The maximum Gasteiger partial charge on any atom is 0.226 e. The van der Waals surface area contributed by atoms with E-state index in [4.69, 9.17) is 0 Å². The fourth-order valence-corrected chi connectivity index (χ4v) is 3.26. The molecule has 0 aromatic heterocycles. The normalized spacial score (nSPS) is 37.9. The van der Waals surface area contributed by atoms with E-state index in [-0.39, 0.29) is 5.92 Å². The molecule has 15 heavy (non-hydrogen) atoms. The Kier molecular flexibility index (Phi) is 1.86. The van der Waals surface area contributed by atoms with Crippen LogP contribution in [0.2, 0.25) is 0 Å². The van der Waals surface area contributed by atoms with Crippen LogP contribution in [0.15, 0.2) is 30.0 Å². The molecule has 2 fully saturated rings. The average molecular weight is 201 g/mol. The Hall–Kier alpha value is -1.27. The van der Waals surface area contributed by atoms with Gasteiger partial charge in [-0.25, -0.2) is 0 Å². The standard InChI is InChI=1S/C13H15NO/c1-2-9-7-12-10-5-3-4-6-11(10)13(15)14(12)8-9/h3-4,10-12H,1,5-8H2/t10-,11+,12+/m0/s1. The van der Waals surface area contributed by atoms with Gasteiger partial charge in [0.2, 0.25) is 5.91 Å². The summed E-state index contributed by atoms with van der Waals surface area (Å²) in [4.78, 5) is 14.2. The van der Waals surface area contributed by atoms with E-state index in [1.165, 1.54) is 5.57 Å². The monoisotopic (exact) mass is 201 g/mol. The van der Waals surface area contributed by atoms with Gasteiger partial charge in [0.1, 0.15) is 0 Å². The van der Waals surface area contributed by atoms with Crippen LogP contribution in [0, 0.1) is 11.8 Å². The zero-order chi connectivity index (χ0) is 10.4. The van der Waals surface area contributed by atoms with E-state index in [0.29, 0.717) is 17.9 Å². The lowest BCUT2D eigenvalue weighted by Crippen LogP contribution is -2.29. The molecule has 78 valence electrons. The van der Waals surface area contributed by atoms with Crippen LogP contribution in [0.3, 0.4) is 0 Å². The number of rotatable bonds is 0. The van der Waals surface area contributed by atoms with Crippen molar-refractivity contribution in [2.75, 3.05) is 6.54 Å². The highest BCUT2D eigenvalue weighted by Crippen LogP contribution is 2.44. The quantitative estimate of drug-likeness (QED) is 0.433. The molecular formula is C13H15NO. The van der Waals surface area contributed by atoms with E-state index < -0.39 is 0 Å². The van der Waals surface area contributed by atoms with Gasteiger partial charge in [-0.15, -0.1) is 5.73 Å². The van der Waals surface area contributed by atoms with Crippen LogP contribution in [0.1, 0.15) is 19.3 Å². The van der Waals surface area contributed by atoms with Gasteiger partial charge in [0.15, 0.2) is 0 Å². The number of carbonyl (C=O) groups excluding carboxylic acids is 1. The molecule has 2 nitrogen and oxygen atoms in total. The number of hydrogen-bond acceptors (Lipinski definition) is 1. The van der Waals surface area contributed by atoms with Crippen molar-refractivity contribution in [3.63, 3.8) is 0 Å². The van der Waals surface area contributed by atoms with Crippen molar-refractivity contribution < 1.29 is 4.79 Å². The van der Waals surface area contributed by atoms with Crippen molar-refractivity contribution in [2.45, 2.75) is 25.3 Å². The Balaban J connectivity index is 1.93. The molecule has 0 saturated carbocycles. The summed E-state index contributed by atoms with van der Waals surface area (Å²) in [6.07, 6.45) is 7.41. The topological polar surface area (TPSA) is 20.3 Å². The molecule has 3 atom stereocenters. The van der Waals surface area contributed by atoms with Crippen LogP contribution in [0.5, 0.6) is 0 Å². The van der Waals surface area contributed by atoms with E-state index >= 15 is 0 Å². The molecule has 0 spiro atoms. The molecule has 0 aromatic rings. The number of amides is 1. The number of nitrogens with zero attached hydrogens (tertiary/aromatic N) is 1. The first-order valence-electron chi connectivity index (χ1n) is 5.64. The Morgan fingerprint density at radius 2 is 2.20 bits per heavy atom. The van der Waals surface area contributed by atoms with E-state index in [1.54, 1.807) is 0 Å². The molecule has 1 amide bonds. The van der Waals surface area contributed by atoms with Crippen LogP contribution in [-0.4, -0.2) is 23.4 Å². The van der Waals surface area contributed by atoms with Crippen molar-refractivity contribution in [3.05, 3.63) is 30.0 Å². The van der Waals surface area contributed by atoms with Gasteiger partial charge in [-0.2, -0.15) is 0 Å². The minimum Gasteiger partial charge on any atom is -0.334 e. The van der Waals surface area contributed by atoms with Gasteiger partial charge in [0.05, 0.1) is 0 Å². The lowest BCUT2D eigenvalue weighted by molar-refractivity contribution is -0.131. The molecule has 3 aliphatic rings. The smallest absolute Gasteiger partial charge is 0.226 e. The summed E-state index contributed by atoms with van der Waals surface area (Å²) < 4.78 is 0. The second kappa shape index (κ2) is 3.11. The first-order valence-corrected chi connectivity index (χ1v) is 5.64. The highest BCUT2D eigenvalue weighted by molar-refractivity contribution is 5.83. The number of hydrogen-bond donors (Lipinski definition) is 0. The molecule has 3 rings (SSSR count). The third kappa shape index (κ3) is 1.15. The van der Waals surface area contributed by atoms with Crippen LogP contribution < -0.4 is 0 Å². The van der Waals surface area contributed by atoms with Crippen LogP contribution in [0.4, 0.5) is 0 Å². The minimum absolute atomic E-state index is 0.270. The highest BCUT2D eigenvalue weighted by Gasteiger charge is 2.50. The zero-order valence-electron chi connectivity index (χ0n) is 8.78. The Labute approximate surface area is 90.0 Å². The summed E-state index contributed by atoms with van der Waals surface area (Å²) in [6, 6.07) is 0.441. The van der Waals surface area contributed by atoms with Crippen molar-refractivity contribution in [2.24, 2.45) is 11.8 Å². The molecule has 0 N–H and O–H groups in total. The minimum atomic E-state index is 0.270. The molecule has 2 saturated heterocycles. The number of allylic oxidation sites excluding steroid dienone is 2. The van der Waals surface area contributed by atoms with Crippen LogP contribution >= 0.6 is 0 Å². The molecule has 0 unspecified atom stereocenters. The van der Waals surface area contributed by atoms with E-state index in [1.807, 2.05) is 0 Å².